The van der Waals surface area contributed by atoms with Crippen molar-refractivity contribution >= 4 is 52.8 Å². The monoisotopic (exact) mass is 482 g/mol. The molecule has 2 unspecified atom stereocenters. The minimum absolute atomic E-state index is 0.103. The molecule has 2 amide bonds. The minimum atomic E-state index is -1.32. The molecule has 2 aromatic heterocycles. The summed E-state index contributed by atoms with van der Waals surface area (Å²) < 4.78 is 5.31. The number of carboxylic acid groups (broad SMARTS) is 1. The predicted octanol–water partition coefficient (Wildman–Crippen LogP) is 0.00500. The van der Waals surface area contributed by atoms with Gasteiger partial charge in [-0.2, -0.15) is 0 Å². The smallest absolute Gasteiger partial charge is 0.352 e. The SMILES string of the molecule is Cn1nnnc1SCC1=C(C(=O)O)N2C(=O)C(NC(=O)C(N=O)c3cnsc3)[C@@H]2SC1. The maximum atomic E-state index is 12.7. The Bertz CT molecular complexity index is 1070. The molecule has 0 aromatic carbocycles. The highest BCUT2D eigenvalue weighted by Gasteiger charge is 2.54. The summed E-state index contributed by atoms with van der Waals surface area (Å²) in [5, 5.41) is 27.6. The predicted molar refractivity (Wildman–Crippen MR) is 110 cm³/mol. The first-order chi connectivity index (χ1) is 14.9. The number of carboxylic acids is 1. The van der Waals surface area contributed by atoms with Gasteiger partial charge >= 0.3 is 5.97 Å². The summed E-state index contributed by atoms with van der Waals surface area (Å²) in [5.41, 5.74) is 0.784. The van der Waals surface area contributed by atoms with Crippen LogP contribution < -0.4 is 5.32 Å². The second-order valence-corrected chi connectivity index (χ2v) is 9.20. The number of hydrogen-bond donors (Lipinski definition) is 2. The Kier molecular flexibility index (Phi) is 6.01. The number of nitroso groups, excluding NO2 is 1. The van der Waals surface area contributed by atoms with Crippen molar-refractivity contribution < 1.29 is 19.5 Å². The van der Waals surface area contributed by atoms with Crippen LogP contribution in [0.3, 0.4) is 0 Å². The van der Waals surface area contributed by atoms with Crippen molar-refractivity contribution in [1.29, 1.82) is 0 Å². The van der Waals surface area contributed by atoms with Gasteiger partial charge in [0.15, 0.2) is 6.04 Å². The van der Waals surface area contributed by atoms with Gasteiger partial charge in [0, 0.05) is 35.7 Å². The number of amides is 2. The van der Waals surface area contributed by atoms with E-state index in [2.05, 4.69) is 30.4 Å². The molecule has 0 saturated carbocycles. The van der Waals surface area contributed by atoms with Crippen molar-refractivity contribution in [3.05, 3.63) is 33.3 Å². The van der Waals surface area contributed by atoms with Crippen LogP contribution in [0.5, 0.6) is 0 Å². The third-order valence-electron chi connectivity index (χ3n) is 4.63. The van der Waals surface area contributed by atoms with E-state index in [1.165, 1.54) is 44.7 Å². The van der Waals surface area contributed by atoms with Gasteiger partial charge in [-0.25, -0.2) is 13.8 Å². The first kappa shape index (κ1) is 21.4. The zero-order chi connectivity index (χ0) is 22.1. The third-order valence-corrected chi connectivity index (χ3v) is 7.67. The van der Waals surface area contributed by atoms with E-state index >= 15 is 0 Å². The van der Waals surface area contributed by atoms with Crippen LogP contribution in [0.25, 0.3) is 0 Å². The number of aryl methyl sites for hydroxylation is 1. The van der Waals surface area contributed by atoms with E-state index in [0.29, 0.717) is 27.8 Å². The molecule has 0 bridgehead atoms. The summed E-state index contributed by atoms with van der Waals surface area (Å²) in [6, 6.07) is -2.27. The zero-order valence-electron chi connectivity index (χ0n) is 15.7. The summed E-state index contributed by atoms with van der Waals surface area (Å²) >= 11 is 3.66. The Balaban J connectivity index is 1.48. The number of carbonyl (C=O) groups excluding carboxylic acids is 2. The van der Waals surface area contributed by atoms with Crippen LogP contribution in [-0.2, 0) is 21.4 Å². The molecule has 3 atom stereocenters. The van der Waals surface area contributed by atoms with E-state index in [4.69, 9.17) is 0 Å². The highest BCUT2D eigenvalue weighted by atomic mass is 32.2. The maximum Gasteiger partial charge on any atom is 0.352 e. The fraction of sp³-hybridized carbons (Fsp3) is 0.400. The molecule has 4 rings (SSSR count). The molecule has 1 saturated heterocycles. The quantitative estimate of drug-likeness (QED) is 0.295. The number of nitrogens with zero attached hydrogens (tertiary/aromatic N) is 7. The number of thioether (sulfide) groups is 2. The van der Waals surface area contributed by atoms with Gasteiger partial charge in [-0.05, 0) is 27.5 Å². The zero-order valence-corrected chi connectivity index (χ0v) is 18.2. The molecule has 2 aliphatic heterocycles. The van der Waals surface area contributed by atoms with Gasteiger partial charge in [-0.15, -0.1) is 21.8 Å². The highest BCUT2D eigenvalue weighted by molar-refractivity contribution is 8.01. The molecule has 2 aromatic rings. The molecule has 13 nitrogen and oxygen atoms in total. The molecule has 31 heavy (non-hydrogen) atoms. The van der Waals surface area contributed by atoms with Crippen LogP contribution in [0, 0.1) is 4.91 Å². The van der Waals surface area contributed by atoms with Crippen molar-refractivity contribution in [3.8, 4) is 0 Å². The molecular weight excluding hydrogens is 468 g/mol. The van der Waals surface area contributed by atoms with Crippen LogP contribution in [0.2, 0.25) is 0 Å². The van der Waals surface area contributed by atoms with Crippen molar-refractivity contribution in [2.24, 2.45) is 12.2 Å². The van der Waals surface area contributed by atoms with Crippen LogP contribution in [0.15, 0.2) is 33.2 Å². The maximum absolute atomic E-state index is 12.7. The van der Waals surface area contributed by atoms with Gasteiger partial charge in [0.25, 0.3) is 11.8 Å². The van der Waals surface area contributed by atoms with Gasteiger partial charge in [0.1, 0.15) is 17.1 Å². The second-order valence-electron chi connectivity index (χ2n) is 6.49. The number of rotatable bonds is 8. The lowest BCUT2D eigenvalue weighted by Gasteiger charge is -2.49. The Labute approximate surface area is 186 Å². The van der Waals surface area contributed by atoms with E-state index in [1.54, 1.807) is 7.05 Å². The van der Waals surface area contributed by atoms with Gasteiger partial charge in [0.2, 0.25) is 5.16 Å². The summed E-state index contributed by atoms with van der Waals surface area (Å²) in [7, 11) is 1.67. The van der Waals surface area contributed by atoms with Crippen LogP contribution >= 0.6 is 35.1 Å². The summed E-state index contributed by atoms with van der Waals surface area (Å²) in [6.07, 6.45) is 1.36. The number of carbonyl (C=O) groups is 3. The average molecular weight is 483 g/mol. The Morgan fingerprint density at radius 3 is 2.90 bits per heavy atom. The van der Waals surface area contributed by atoms with E-state index in [0.717, 1.165) is 11.5 Å². The summed E-state index contributed by atoms with van der Waals surface area (Å²) in [5.74, 6) is -1.88. The standard InChI is InChI=1S/C15H14N8O5S3/c1-22-15(18-20-21-22)30-4-7-3-29-13-9(12(25)23(13)10(7)14(26)27)17-11(24)8(19-28)6-2-16-31-5-6/h2,5,8-9,13H,3-4H2,1H3,(H,17,24)(H,26,27)/t8?,9?,13-/m0/s1. The summed E-state index contributed by atoms with van der Waals surface area (Å²) in [6.45, 7) is 0. The molecule has 1 fully saturated rings. The molecule has 0 aliphatic carbocycles. The average Bonchev–Trinajstić information content (AvgIpc) is 3.42. The fourth-order valence-corrected chi connectivity index (χ4v) is 6.02. The largest absolute Gasteiger partial charge is 0.477 e. The number of aliphatic carboxylic acids is 1. The molecule has 162 valence electrons. The lowest BCUT2D eigenvalue weighted by atomic mass is 10.0. The number of β-lactam (4-membered cyclic amide) rings is 1. The van der Waals surface area contributed by atoms with Crippen LogP contribution in [0.4, 0.5) is 0 Å². The first-order valence-electron chi connectivity index (χ1n) is 8.69. The Morgan fingerprint density at radius 2 is 2.29 bits per heavy atom. The van der Waals surface area contributed by atoms with E-state index in [9.17, 15) is 24.4 Å². The summed E-state index contributed by atoms with van der Waals surface area (Å²) in [4.78, 5) is 49.4. The molecular formula is C15H14N8O5S3. The van der Waals surface area contributed by atoms with Crippen molar-refractivity contribution in [2.75, 3.05) is 11.5 Å². The Morgan fingerprint density at radius 1 is 1.48 bits per heavy atom. The molecule has 2 N–H and O–H groups in total. The number of tetrazole rings is 1. The van der Waals surface area contributed by atoms with E-state index in [1.807, 2.05) is 0 Å². The van der Waals surface area contributed by atoms with Gasteiger partial charge in [0.05, 0.1) is 0 Å². The van der Waals surface area contributed by atoms with Gasteiger partial charge in [-0.3, -0.25) is 14.5 Å². The third kappa shape index (κ3) is 3.92. The minimum Gasteiger partial charge on any atom is -0.477 e. The molecule has 0 spiro atoms. The van der Waals surface area contributed by atoms with Crippen molar-refractivity contribution in [3.63, 3.8) is 0 Å². The molecule has 4 heterocycles. The highest BCUT2D eigenvalue weighted by Crippen LogP contribution is 2.41. The van der Waals surface area contributed by atoms with Crippen LogP contribution in [-0.4, -0.2) is 75.3 Å². The topological polar surface area (TPSA) is 173 Å². The van der Waals surface area contributed by atoms with Gasteiger partial charge in [-0.1, -0.05) is 16.9 Å². The first-order valence-corrected chi connectivity index (χ1v) is 11.6. The van der Waals surface area contributed by atoms with Crippen LogP contribution in [0.1, 0.15) is 11.6 Å². The number of hydrogen-bond acceptors (Lipinski definition) is 12. The number of fused-ring (bicyclic) bond motifs is 1. The van der Waals surface area contributed by atoms with Gasteiger partial charge < -0.3 is 10.4 Å². The molecule has 16 heteroatoms. The van der Waals surface area contributed by atoms with Crippen molar-refractivity contribution in [2.45, 2.75) is 22.6 Å². The lowest BCUT2D eigenvalue weighted by molar-refractivity contribution is -0.150. The van der Waals surface area contributed by atoms with E-state index < -0.39 is 35.2 Å². The normalized spacial score (nSPS) is 21.3. The number of nitrogens with one attached hydrogen (secondary N) is 1. The molecule has 0 radical (unpaired) electrons. The van der Waals surface area contributed by atoms with E-state index in [-0.39, 0.29) is 5.70 Å². The van der Waals surface area contributed by atoms with Crippen molar-refractivity contribution in [1.82, 2.24) is 34.8 Å². The fourth-order valence-electron chi connectivity index (χ4n) is 3.13. The Hall–Kier alpha value is -2.85. The number of aromatic nitrogens is 5. The lowest BCUT2D eigenvalue weighted by Crippen LogP contribution is -2.70. The second kappa shape index (κ2) is 8.72. The molecule has 2 aliphatic rings.